The topological polar surface area (TPSA) is 95.9 Å². The maximum atomic E-state index is 13.3. The molecule has 0 spiro atoms. The van der Waals surface area contributed by atoms with Crippen molar-refractivity contribution in [3.63, 3.8) is 0 Å². The van der Waals surface area contributed by atoms with Gasteiger partial charge in [0.2, 0.25) is 5.91 Å². The molecule has 0 aliphatic rings. The molecule has 68 heavy (non-hydrogen) atoms. The number of ether oxygens (including phenoxy) is 1. The normalized spacial score (nSPS) is 13.1. The largest absolute Gasteiger partial charge is 0.462 e. The Hall–Kier alpha value is -1.40. The average molecular weight is 961 g/mol. The number of hydrogen-bond acceptors (Lipinski definition) is 5. The molecule has 6 nitrogen and oxygen atoms in total. The summed E-state index contributed by atoms with van der Waals surface area (Å²) in [5, 5.41) is 24.0. The minimum atomic E-state index is -0.785. The first-order valence-electron chi connectivity index (χ1n) is 30.9. The summed E-state index contributed by atoms with van der Waals surface area (Å²) in [4.78, 5) is 26.3. The molecule has 0 bridgehead atoms. The van der Waals surface area contributed by atoms with Crippen LogP contribution in [0.3, 0.4) is 0 Å². The molecule has 0 aromatic carbocycles. The van der Waals surface area contributed by atoms with E-state index in [0.29, 0.717) is 19.3 Å². The summed E-state index contributed by atoms with van der Waals surface area (Å²) in [5.41, 5.74) is 0. The van der Waals surface area contributed by atoms with E-state index in [2.05, 4.69) is 38.2 Å². The van der Waals surface area contributed by atoms with Gasteiger partial charge in [-0.1, -0.05) is 296 Å². The first-order chi connectivity index (χ1) is 33.5. The number of esters is 1. The highest BCUT2D eigenvalue weighted by Gasteiger charge is 2.24. The number of amides is 1. The lowest BCUT2D eigenvalue weighted by molar-refractivity contribution is -0.151. The van der Waals surface area contributed by atoms with Crippen molar-refractivity contribution in [2.45, 2.75) is 366 Å². The highest BCUT2D eigenvalue weighted by Crippen LogP contribution is 2.19. The van der Waals surface area contributed by atoms with Gasteiger partial charge in [0.05, 0.1) is 25.2 Å². The van der Waals surface area contributed by atoms with Gasteiger partial charge < -0.3 is 20.3 Å². The molecular weight excluding hydrogens is 839 g/mol. The molecule has 0 aromatic rings. The van der Waals surface area contributed by atoms with Crippen molar-refractivity contribution in [1.82, 2.24) is 5.32 Å². The van der Waals surface area contributed by atoms with Crippen molar-refractivity contribution in [2.24, 2.45) is 0 Å². The van der Waals surface area contributed by atoms with E-state index in [4.69, 9.17) is 4.74 Å². The standard InChI is InChI=1S/C62H121NO5/c1-4-7-10-13-16-19-22-25-28-31-33-36-39-42-45-48-51-54-60(65)59(57-64)63-61(66)56-58(53-50-47-44-41-38-35-32-29-26-23-20-17-14-11-8-5-2)68-62(67)55-52-49-46-43-40-37-34-30-27-24-21-18-15-12-9-6-3/h30,34,58-60,64-65H,4-29,31-33,35-57H2,1-3H3,(H,63,66)/b34-30+. The summed E-state index contributed by atoms with van der Waals surface area (Å²) in [5.74, 6) is -0.457. The number of carbonyl (C=O) groups excluding carboxylic acids is 2. The van der Waals surface area contributed by atoms with Crippen LogP contribution in [-0.2, 0) is 14.3 Å². The van der Waals surface area contributed by atoms with Crippen LogP contribution >= 0.6 is 0 Å². The van der Waals surface area contributed by atoms with Gasteiger partial charge in [0, 0.05) is 6.42 Å². The third-order valence-corrected chi connectivity index (χ3v) is 14.6. The van der Waals surface area contributed by atoms with Gasteiger partial charge in [-0.2, -0.15) is 0 Å². The van der Waals surface area contributed by atoms with E-state index in [-0.39, 0.29) is 24.9 Å². The molecule has 6 heteroatoms. The fraction of sp³-hybridized carbons (Fsp3) is 0.935. The summed E-state index contributed by atoms with van der Waals surface area (Å²) in [6.45, 7) is 6.54. The maximum absolute atomic E-state index is 13.3. The number of rotatable bonds is 57. The Morgan fingerprint density at radius 1 is 0.412 bits per heavy atom. The van der Waals surface area contributed by atoms with Crippen LogP contribution in [0, 0.1) is 0 Å². The molecule has 3 unspecified atom stereocenters. The van der Waals surface area contributed by atoms with Crippen molar-refractivity contribution in [2.75, 3.05) is 6.61 Å². The molecule has 404 valence electrons. The first-order valence-corrected chi connectivity index (χ1v) is 30.9. The van der Waals surface area contributed by atoms with Crippen LogP contribution in [0.25, 0.3) is 0 Å². The Balaban J connectivity index is 4.49. The molecule has 0 aliphatic carbocycles. The third kappa shape index (κ3) is 51.0. The second kappa shape index (κ2) is 56.5. The number of aliphatic hydroxyl groups excluding tert-OH is 2. The van der Waals surface area contributed by atoms with Gasteiger partial charge >= 0.3 is 5.97 Å². The predicted molar refractivity (Wildman–Crippen MR) is 297 cm³/mol. The van der Waals surface area contributed by atoms with E-state index < -0.39 is 18.2 Å². The summed E-state index contributed by atoms with van der Waals surface area (Å²) >= 11 is 0. The van der Waals surface area contributed by atoms with Crippen molar-refractivity contribution in [3.8, 4) is 0 Å². The zero-order valence-electron chi connectivity index (χ0n) is 46.3. The van der Waals surface area contributed by atoms with E-state index in [1.54, 1.807) is 0 Å². The molecule has 0 aromatic heterocycles. The second-order valence-corrected chi connectivity index (χ2v) is 21.5. The Morgan fingerprint density at radius 3 is 1.04 bits per heavy atom. The van der Waals surface area contributed by atoms with E-state index in [1.807, 2.05) is 0 Å². The van der Waals surface area contributed by atoms with Crippen LogP contribution in [0.1, 0.15) is 348 Å². The van der Waals surface area contributed by atoms with Crippen molar-refractivity contribution < 1.29 is 24.5 Å². The van der Waals surface area contributed by atoms with Crippen LogP contribution < -0.4 is 5.32 Å². The van der Waals surface area contributed by atoms with Gasteiger partial charge in [-0.05, 0) is 51.4 Å². The van der Waals surface area contributed by atoms with Crippen LogP contribution in [0.5, 0.6) is 0 Å². The van der Waals surface area contributed by atoms with E-state index in [0.717, 1.165) is 51.4 Å². The molecule has 3 N–H and O–H groups in total. The summed E-state index contributed by atoms with van der Waals surface area (Å²) in [6.07, 6.45) is 65.7. The number of nitrogens with one attached hydrogen (secondary N) is 1. The summed E-state index contributed by atoms with van der Waals surface area (Å²) < 4.78 is 5.98. The number of allylic oxidation sites excluding steroid dienone is 2. The smallest absolute Gasteiger partial charge is 0.306 e. The second-order valence-electron chi connectivity index (χ2n) is 21.5. The molecule has 0 rings (SSSR count). The van der Waals surface area contributed by atoms with Crippen molar-refractivity contribution in [1.29, 1.82) is 0 Å². The lowest BCUT2D eigenvalue weighted by Gasteiger charge is -2.24. The van der Waals surface area contributed by atoms with Gasteiger partial charge in [-0.3, -0.25) is 9.59 Å². The predicted octanol–water partition coefficient (Wildman–Crippen LogP) is 19.2. The molecular formula is C62H121NO5. The molecule has 0 saturated carbocycles. The van der Waals surface area contributed by atoms with E-state index in [9.17, 15) is 19.8 Å². The summed E-state index contributed by atoms with van der Waals surface area (Å²) in [6, 6.07) is -0.698. The first kappa shape index (κ1) is 66.6. The van der Waals surface area contributed by atoms with Gasteiger partial charge in [0.25, 0.3) is 0 Å². The fourth-order valence-electron chi connectivity index (χ4n) is 9.90. The summed E-state index contributed by atoms with van der Waals surface area (Å²) in [7, 11) is 0. The Labute approximate surface area is 425 Å². The van der Waals surface area contributed by atoms with Crippen LogP contribution in [0.4, 0.5) is 0 Å². The molecule has 0 fully saturated rings. The van der Waals surface area contributed by atoms with Gasteiger partial charge in [-0.15, -0.1) is 0 Å². The van der Waals surface area contributed by atoms with Gasteiger partial charge in [-0.25, -0.2) is 0 Å². The monoisotopic (exact) mass is 960 g/mol. The Morgan fingerprint density at radius 2 is 0.706 bits per heavy atom. The van der Waals surface area contributed by atoms with E-state index in [1.165, 1.54) is 250 Å². The Bertz CT molecular complexity index is 1030. The zero-order valence-corrected chi connectivity index (χ0v) is 46.3. The quantitative estimate of drug-likeness (QED) is 0.0321. The number of unbranched alkanes of at least 4 members (excludes halogenated alkanes) is 43. The Kier molecular flexibility index (Phi) is 55.3. The molecule has 0 aliphatic heterocycles. The lowest BCUT2D eigenvalue weighted by atomic mass is 10.0. The number of carbonyl (C=O) groups is 2. The maximum Gasteiger partial charge on any atom is 0.306 e. The third-order valence-electron chi connectivity index (χ3n) is 14.6. The van der Waals surface area contributed by atoms with Gasteiger partial charge in [0.15, 0.2) is 0 Å². The lowest BCUT2D eigenvalue weighted by Crippen LogP contribution is -2.46. The zero-order chi connectivity index (χ0) is 49.5. The minimum absolute atomic E-state index is 0.0826. The SMILES string of the molecule is CCCCCCCCC/C=C/CCCCCCCC(=O)OC(CCCCCCCCCCCCCCCCCC)CC(=O)NC(CO)C(O)CCCCCCCCCCCCCCCCCCC. The highest BCUT2D eigenvalue weighted by atomic mass is 16.5. The van der Waals surface area contributed by atoms with Crippen LogP contribution in [0.15, 0.2) is 12.2 Å². The van der Waals surface area contributed by atoms with Gasteiger partial charge in [0.1, 0.15) is 6.10 Å². The van der Waals surface area contributed by atoms with Crippen LogP contribution in [-0.4, -0.2) is 46.9 Å². The molecule has 0 saturated heterocycles. The number of aliphatic hydroxyl groups is 2. The minimum Gasteiger partial charge on any atom is -0.462 e. The molecule has 0 radical (unpaired) electrons. The number of hydrogen-bond donors (Lipinski definition) is 3. The fourth-order valence-corrected chi connectivity index (χ4v) is 9.90. The van der Waals surface area contributed by atoms with E-state index >= 15 is 0 Å². The molecule has 1 amide bonds. The molecule has 3 atom stereocenters. The highest BCUT2D eigenvalue weighted by molar-refractivity contribution is 5.77. The van der Waals surface area contributed by atoms with Crippen molar-refractivity contribution >= 4 is 11.9 Å². The molecule has 0 heterocycles. The average Bonchev–Trinajstić information content (AvgIpc) is 3.33. The van der Waals surface area contributed by atoms with Crippen LogP contribution in [0.2, 0.25) is 0 Å². The van der Waals surface area contributed by atoms with Crippen molar-refractivity contribution in [3.05, 3.63) is 12.2 Å².